The molecule has 0 amide bonds. The normalized spacial score (nSPS) is 12.3. The van der Waals surface area contributed by atoms with Gasteiger partial charge in [-0.25, -0.2) is 0 Å². The van der Waals surface area contributed by atoms with Crippen molar-refractivity contribution in [3.8, 4) is 45.5 Å². The van der Waals surface area contributed by atoms with E-state index in [0.29, 0.717) is 0 Å². The van der Waals surface area contributed by atoms with E-state index in [0.717, 1.165) is 0 Å². The maximum atomic E-state index is 2.42. The Labute approximate surface area is 765 Å². The van der Waals surface area contributed by atoms with Crippen LogP contribution < -0.4 is 0 Å². The van der Waals surface area contributed by atoms with Gasteiger partial charge in [-0.3, -0.25) is 0 Å². The summed E-state index contributed by atoms with van der Waals surface area (Å²) >= 11 is 0. The second-order valence-electron chi connectivity index (χ2n) is 40.1. The van der Waals surface area contributed by atoms with Gasteiger partial charge in [-0.15, -0.1) is 0 Å². The smallest absolute Gasteiger partial charge is 0.0531 e. The fourth-order valence-corrected chi connectivity index (χ4v) is 19.7. The van der Waals surface area contributed by atoms with Crippen LogP contribution >= 0.6 is 0 Å². The van der Waals surface area contributed by atoms with Gasteiger partial charge < -0.3 is 36.5 Å². The van der Waals surface area contributed by atoms with E-state index in [1.165, 1.54) is 177 Å². The first-order valence-electron chi connectivity index (χ1n) is 45.9. The van der Waals surface area contributed by atoms with Crippen LogP contribution in [0.25, 0.3) is 133 Å². The minimum Gasteiger partial charge on any atom is -0.316 e. The predicted octanol–water partition coefficient (Wildman–Crippen LogP) is 32.1. The van der Waals surface area contributed by atoms with Crippen molar-refractivity contribution in [2.24, 2.45) is 0 Å². The Bertz CT molecular complexity index is 7390. The standard InChI is InChI=1S/2C31H26N2.2C30H32N2/c1-31(2,29-21-23-13-9-11-19-27(23)32(29)25-15-5-3-6-16-25)30-22-24-14-10-12-20-28(24)33(30)26-17-7-4-8-18-26;1-31(2,27-21-32(23-13-5-3-6-14-23)29-19-11-9-17-25(27)29)28-22-33(24-15-7-4-8-16-24)30-20-12-10-18-26(28)30;1-29(2,3)25-19-31(27-16-9-7-14-23(25)27)21-12-11-13-22(18-21)32-20-26(30(4,5)6)24-15-8-10-17-28(24)32;1-29(2,3)25-19-31(27-13-9-7-11-23(25)27)21-15-17-22(18-16-21)32-20-26(30(4,5)6)24-12-8-10-14-28(24)32/h2*3-22H,1-2H3;2*7-20H,1-6H3. The molecule has 0 unspecified atom stereocenters. The molecule has 0 spiro atoms. The van der Waals surface area contributed by atoms with Crippen LogP contribution in [0.3, 0.4) is 0 Å². The Morgan fingerprint density at radius 2 is 0.354 bits per heavy atom. The van der Waals surface area contributed by atoms with Crippen molar-refractivity contribution < 1.29 is 0 Å². The summed E-state index contributed by atoms with van der Waals surface area (Å²) in [7, 11) is 0. The molecule has 0 aliphatic carbocycles. The van der Waals surface area contributed by atoms with Crippen LogP contribution in [-0.4, -0.2) is 36.5 Å². The third kappa shape index (κ3) is 15.8. The average Bonchev–Trinajstić information content (AvgIpc) is 1.58. The van der Waals surface area contributed by atoms with Gasteiger partial charge >= 0.3 is 0 Å². The van der Waals surface area contributed by atoms with E-state index >= 15 is 0 Å². The molecule has 0 fully saturated rings. The molecule has 8 aromatic heterocycles. The highest BCUT2D eigenvalue weighted by molar-refractivity contribution is 5.95. The fourth-order valence-electron chi connectivity index (χ4n) is 19.7. The summed E-state index contributed by atoms with van der Waals surface area (Å²) < 4.78 is 18.8. The number of nitrogens with zero attached hydrogens (tertiary/aromatic N) is 8. The molecule has 130 heavy (non-hydrogen) atoms. The van der Waals surface area contributed by atoms with Crippen molar-refractivity contribution >= 4 is 87.2 Å². The molecule has 0 saturated heterocycles. The van der Waals surface area contributed by atoms with E-state index in [9.17, 15) is 0 Å². The van der Waals surface area contributed by atoms with Crippen LogP contribution in [0, 0.1) is 0 Å². The zero-order valence-electron chi connectivity index (χ0n) is 77.8. The number of benzene rings is 14. The van der Waals surface area contributed by atoms with E-state index in [2.05, 4.69) is 561 Å². The molecule has 0 aliphatic rings. The molecule has 8 heterocycles. The Kier molecular flexibility index (Phi) is 21.9. The van der Waals surface area contributed by atoms with E-state index in [4.69, 9.17) is 0 Å². The molecular weight excluding hydrogens is 1580 g/mol. The zero-order chi connectivity index (χ0) is 90.2. The highest BCUT2D eigenvalue weighted by Gasteiger charge is 2.35. The summed E-state index contributed by atoms with van der Waals surface area (Å²) in [5.41, 5.74) is 30.0. The van der Waals surface area contributed by atoms with Crippen molar-refractivity contribution in [2.75, 3.05) is 0 Å². The third-order valence-electron chi connectivity index (χ3n) is 26.4. The summed E-state index contributed by atoms with van der Waals surface area (Å²) in [5, 5.41) is 10.4. The predicted molar refractivity (Wildman–Crippen MR) is 552 cm³/mol. The second kappa shape index (κ2) is 33.6. The summed E-state index contributed by atoms with van der Waals surface area (Å²) in [6, 6.07) is 135. The van der Waals surface area contributed by atoms with Gasteiger partial charge in [0, 0.05) is 148 Å². The van der Waals surface area contributed by atoms with Gasteiger partial charge in [0.05, 0.1) is 44.1 Å². The summed E-state index contributed by atoms with van der Waals surface area (Å²) in [6.45, 7) is 36.8. The topological polar surface area (TPSA) is 39.4 Å². The van der Waals surface area contributed by atoms with E-state index in [-0.39, 0.29) is 32.5 Å². The van der Waals surface area contributed by atoms with Gasteiger partial charge in [-0.1, -0.05) is 321 Å². The fraction of sp³-hybridized carbons (Fsp3) is 0.180. The van der Waals surface area contributed by atoms with Crippen LogP contribution in [0.15, 0.2) is 413 Å². The Morgan fingerprint density at radius 3 is 0.623 bits per heavy atom. The SMILES string of the molecule is CC(C)(C)c1cn(-c2ccc(-n3cc(C(C)(C)C)c4ccccc43)cc2)c2ccccc12.CC(C)(C)c1cn(-c2cccc(-n3cc(C(C)(C)C)c4ccccc43)c2)c2ccccc12.CC(C)(c1cc2ccccc2n1-c1ccccc1)c1cc2ccccc2n1-c1ccccc1.CC(C)(c1cn(-c2ccccc2)c2ccccc12)c1cn(-c2ccccc2)c2ccccc12. The molecule has 0 radical (unpaired) electrons. The second-order valence-corrected chi connectivity index (χ2v) is 40.1. The molecule has 22 aromatic rings. The van der Waals surface area contributed by atoms with Gasteiger partial charge in [0.25, 0.3) is 0 Å². The van der Waals surface area contributed by atoms with Crippen LogP contribution in [-0.2, 0) is 32.5 Å². The Balaban J connectivity index is 0.000000112. The molecule has 0 bridgehead atoms. The van der Waals surface area contributed by atoms with Crippen molar-refractivity contribution in [2.45, 2.75) is 143 Å². The minimum absolute atomic E-state index is 0.0840. The molecule has 14 aromatic carbocycles. The lowest BCUT2D eigenvalue weighted by molar-refractivity contribution is 0.576. The van der Waals surface area contributed by atoms with Gasteiger partial charge in [0.1, 0.15) is 0 Å². The van der Waals surface area contributed by atoms with Crippen LogP contribution in [0.2, 0.25) is 0 Å². The molecule has 8 nitrogen and oxygen atoms in total. The van der Waals surface area contributed by atoms with Gasteiger partial charge in [0.2, 0.25) is 0 Å². The number of hydrogen-bond donors (Lipinski definition) is 0. The quantitative estimate of drug-likeness (QED) is 0.117. The number of para-hydroxylation sites is 12. The molecule has 0 saturated carbocycles. The van der Waals surface area contributed by atoms with Gasteiger partial charge in [0.15, 0.2) is 0 Å². The minimum atomic E-state index is -0.260. The third-order valence-corrected chi connectivity index (χ3v) is 26.4. The van der Waals surface area contributed by atoms with Crippen LogP contribution in [0.5, 0.6) is 0 Å². The number of aromatic nitrogens is 8. The monoisotopic (exact) mass is 1690 g/mol. The van der Waals surface area contributed by atoms with Gasteiger partial charge in [-0.05, 0) is 221 Å². The van der Waals surface area contributed by atoms with Gasteiger partial charge in [-0.2, -0.15) is 0 Å². The van der Waals surface area contributed by atoms with Crippen molar-refractivity contribution in [1.29, 1.82) is 0 Å². The summed E-state index contributed by atoms with van der Waals surface area (Å²) in [5.74, 6) is 0. The van der Waals surface area contributed by atoms with Crippen molar-refractivity contribution in [3.63, 3.8) is 0 Å². The van der Waals surface area contributed by atoms with Crippen molar-refractivity contribution in [1.82, 2.24) is 36.5 Å². The number of rotatable bonds is 12. The molecule has 644 valence electrons. The maximum absolute atomic E-state index is 2.42. The van der Waals surface area contributed by atoms with E-state index in [1.807, 2.05) is 0 Å². The highest BCUT2D eigenvalue weighted by atomic mass is 15.1. The van der Waals surface area contributed by atoms with Crippen LogP contribution in [0.1, 0.15) is 156 Å². The summed E-state index contributed by atoms with van der Waals surface area (Å²) in [6.07, 6.45) is 13.9. The summed E-state index contributed by atoms with van der Waals surface area (Å²) in [4.78, 5) is 0. The van der Waals surface area contributed by atoms with Crippen molar-refractivity contribution in [3.05, 3.63) is 458 Å². The van der Waals surface area contributed by atoms with E-state index < -0.39 is 0 Å². The largest absolute Gasteiger partial charge is 0.316 e. The maximum Gasteiger partial charge on any atom is 0.0531 e. The molecular formula is C122H116N8. The first-order chi connectivity index (χ1) is 62.6. The van der Waals surface area contributed by atoms with Crippen LogP contribution in [0.4, 0.5) is 0 Å². The van der Waals surface area contributed by atoms with E-state index in [1.54, 1.807) is 0 Å². The first-order valence-corrected chi connectivity index (χ1v) is 45.9. The molecule has 0 N–H and O–H groups in total. The molecule has 8 heteroatoms. The molecule has 22 rings (SSSR count). The highest BCUT2D eigenvalue weighted by Crippen LogP contribution is 2.46. The Morgan fingerprint density at radius 1 is 0.154 bits per heavy atom. The lowest BCUT2D eigenvalue weighted by Crippen LogP contribution is -2.25. The lowest BCUT2D eigenvalue weighted by atomic mass is 9.78. The average molecular weight is 1690 g/mol. The molecule has 0 atom stereocenters. The first kappa shape index (κ1) is 84.9. The number of fused-ring (bicyclic) bond motifs is 8. The lowest BCUT2D eigenvalue weighted by Gasteiger charge is -2.29. The Hall–Kier alpha value is -14.6. The molecule has 0 aliphatic heterocycles. The number of hydrogen-bond acceptors (Lipinski definition) is 0. The zero-order valence-corrected chi connectivity index (χ0v) is 77.8.